The third-order valence-electron chi connectivity index (χ3n) is 4.84. The SMILES string of the molecule is CCC1CCCC(O)(C2NCc3ccccc32)C1. The van der Waals surface area contributed by atoms with E-state index in [1.54, 1.807) is 0 Å². The molecule has 0 aromatic heterocycles. The van der Waals surface area contributed by atoms with E-state index in [1.165, 1.54) is 24.0 Å². The third kappa shape index (κ3) is 1.98. The van der Waals surface area contributed by atoms with E-state index < -0.39 is 5.60 Å². The Balaban J connectivity index is 1.87. The highest BCUT2D eigenvalue weighted by atomic mass is 16.3. The van der Waals surface area contributed by atoms with Crippen molar-refractivity contribution in [2.75, 3.05) is 0 Å². The molecule has 1 aromatic carbocycles. The minimum atomic E-state index is -0.536. The molecule has 1 fully saturated rings. The number of nitrogens with one attached hydrogen (secondary N) is 1. The summed E-state index contributed by atoms with van der Waals surface area (Å²) in [7, 11) is 0. The van der Waals surface area contributed by atoms with Crippen LogP contribution < -0.4 is 5.32 Å². The van der Waals surface area contributed by atoms with Gasteiger partial charge >= 0.3 is 0 Å². The second-order valence-electron chi connectivity index (χ2n) is 5.99. The summed E-state index contributed by atoms with van der Waals surface area (Å²) < 4.78 is 0. The normalized spacial score (nSPS) is 35.4. The molecule has 1 heterocycles. The second kappa shape index (κ2) is 4.67. The first-order valence-electron chi connectivity index (χ1n) is 7.26. The molecule has 2 aliphatic rings. The first kappa shape index (κ1) is 12.2. The van der Waals surface area contributed by atoms with Crippen LogP contribution in [0.2, 0.25) is 0 Å². The first-order chi connectivity index (χ1) is 8.73. The van der Waals surface area contributed by atoms with E-state index in [0.717, 1.165) is 25.8 Å². The van der Waals surface area contributed by atoms with Crippen LogP contribution >= 0.6 is 0 Å². The van der Waals surface area contributed by atoms with Crippen LogP contribution in [-0.4, -0.2) is 10.7 Å². The molecule has 1 saturated carbocycles. The minimum absolute atomic E-state index is 0.142. The van der Waals surface area contributed by atoms with Crippen molar-refractivity contribution in [2.45, 2.75) is 57.2 Å². The highest BCUT2D eigenvalue weighted by Crippen LogP contribution is 2.44. The maximum atomic E-state index is 11.1. The van der Waals surface area contributed by atoms with Crippen molar-refractivity contribution in [3.8, 4) is 0 Å². The Morgan fingerprint density at radius 1 is 1.39 bits per heavy atom. The Hall–Kier alpha value is -0.860. The Kier molecular flexibility index (Phi) is 3.16. The lowest BCUT2D eigenvalue weighted by Crippen LogP contribution is -2.44. The molecule has 18 heavy (non-hydrogen) atoms. The molecular weight excluding hydrogens is 222 g/mol. The van der Waals surface area contributed by atoms with Gasteiger partial charge in [-0.15, -0.1) is 0 Å². The van der Waals surface area contributed by atoms with Crippen molar-refractivity contribution in [2.24, 2.45) is 5.92 Å². The smallest absolute Gasteiger partial charge is 0.0844 e. The van der Waals surface area contributed by atoms with E-state index in [-0.39, 0.29) is 6.04 Å². The zero-order chi connectivity index (χ0) is 12.6. The summed E-state index contributed by atoms with van der Waals surface area (Å²) in [5.41, 5.74) is 2.14. The topological polar surface area (TPSA) is 32.3 Å². The van der Waals surface area contributed by atoms with Gasteiger partial charge in [-0.1, -0.05) is 50.5 Å². The first-order valence-corrected chi connectivity index (χ1v) is 7.26. The van der Waals surface area contributed by atoms with Crippen molar-refractivity contribution < 1.29 is 5.11 Å². The van der Waals surface area contributed by atoms with E-state index in [9.17, 15) is 5.11 Å². The van der Waals surface area contributed by atoms with Crippen LogP contribution in [0.4, 0.5) is 0 Å². The van der Waals surface area contributed by atoms with Crippen molar-refractivity contribution in [1.29, 1.82) is 0 Å². The molecule has 1 aromatic rings. The molecule has 1 aliphatic heterocycles. The third-order valence-corrected chi connectivity index (χ3v) is 4.84. The van der Waals surface area contributed by atoms with Gasteiger partial charge in [-0.25, -0.2) is 0 Å². The van der Waals surface area contributed by atoms with Crippen molar-refractivity contribution in [3.05, 3.63) is 35.4 Å². The monoisotopic (exact) mass is 245 g/mol. The fourth-order valence-electron chi connectivity index (χ4n) is 3.79. The van der Waals surface area contributed by atoms with E-state index in [4.69, 9.17) is 0 Å². The van der Waals surface area contributed by atoms with Crippen molar-refractivity contribution in [3.63, 3.8) is 0 Å². The largest absolute Gasteiger partial charge is 0.388 e. The molecule has 0 amide bonds. The van der Waals surface area contributed by atoms with Crippen LogP contribution in [0.25, 0.3) is 0 Å². The van der Waals surface area contributed by atoms with E-state index in [0.29, 0.717) is 5.92 Å². The maximum Gasteiger partial charge on any atom is 0.0844 e. The molecule has 3 unspecified atom stereocenters. The standard InChI is InChI=1S/C16H23NO/c1-2-12-6-5-9-16(18,10-12)15-14-8-4-3-7-13(14)11-17-15/h3-4,7-8,12,15,17-18H,2,5-6,9-11H2,1H3. The van der Waals surface area contributed by atoms with Crippen LogP contribution in [0.1, 0.15) is 56.2 Å². The van der Waals surface area contributed by atoms with Gasteiger partial charge < -0.3 is 10.4 Å². The van der Waals surface area contributed by atoms with Gasteiger partial charge in [0, 0.05) is 6.54 Å². The Bertz CT molecular complexity index is 431. The summed E-state index contributed by atoms with van der Waals surface area (Å²) in [5.74, 6) is 0.693. The molecule has 0 spiro atoms. The van der Waals surface area contributed by atoms with Crippen LogP contribution in [0.5, 0.6) is 0 Å². The predicted molar refractivity (Wildman–Crippen MR) is 73.2 cm³/mol. The Morgan fingerprint density at radius 3 is 3.06 bits per heavy atom. The molecule has 0 saturated heterocycles. The van der Waals surface area contributed by atoms with Gasteiger partial charge in [0.15, 0.2) is 0 Å². The zero-order valence-corrected chi connectivity index (χ0v) is 11.2. The van der Waals surface area contributed by atoms with Gasteiger partial charge in [-0.2, -0.15) is 0 Å². The molecule has 2 nitrogen and oxygen atoms in total. The number of fused-ring (bicyclic) bond motifs is 1. The minimum Gasteiger partial charge on any atom is -0.388 e. The summed E-state index contributed by atoms with van der Waals surface area (Å²) in [6, 6.07) is 8.66. The van der Waals surface area contributed by atoms with Crippen molar-refractivity contribution >= 4 is 0 Å². The molecule has 1 aliphatic carbocycles. The molecule has 2 heteroatoms. The predicted octanol–water partition coefficient (Wildman–Crippen LogP) is 3.16. The number of aliphatic hydroxyl groups is 1. The average molecular weight is 245 g/mol. The molecule has 0 bridgehead atoms. The second-order valence-corrected chi connectivity index (χ2v) is 5.99. The lowest BCUT2D eigenvalue weighted by Gasteiger charge is -2.41. The van der Waals surface area contributed by atoms with Crippen LogP contribution in [0.3, 0.4) is 0 Å². The van der Waals surface area contributed by atoms with Gasteiger partial charge in [-0.3, -0.25) is 0 Å². The van der Waals surface area contributed by atoms with Gasteiger partial charge in [-0.05, 0) is 29.9 Å². The van der Waals surface area contributed by atoms with Gasteiger partial charge in [0.2, 0.25) is 0 Å². The molecule has 3 atom stereocenters. The van der Waals surface area contributed by atoms with Crippen LogP contribution in [0, 0.1) is 5.92 Å². The maximum absolute atomic E-state index is 11.1. The fraction of sp³-hybridized carbons (Fsp3) is 0.625. The number of rotatable bonds is 2. The van der Waals surface area contributed by atoms with E-state index in [2.05, 4.69) is 36.5 Å². The summed E-state index contributed by atoms with van der Waals surface area (Å²) in [6.45, 7) is 3.15. The quantitative estimate of drug-likeness (QED) is 0.839. The summed E-state index contributed by atoms with van der Waals surface area (Å²) in [6.07, 6.45) is 5.53. The number of benzene rings is 1. The highest BCUT2D eigenvalue weighted by Gasteiger charge is 2.43. The van der Waals surface area contributed by atoms with Crippen LogP contribution in [0.15, 0.2) is 24.3 Å². The molecule has 0 radical (unpaired) electrons. The molecule has 2 N–H and O–H groups in total. The van der Waals surface area contributed by atoms with Crippen LogP contribution in [-0.2, 0) is 6.54 Å². The lowest BCUT2D eigenvalue weighted by molar-refractivity contribution is -0.0466. The summed E-state index contributed by atoms with van der Waals surface area (Å²) in [4.78, 5) is 0. The Labute approximate surface area is 109 Å². The zero-order valence-electron chi connectivity index (χ0n) is 11.2. The van der Waals surface area contributed by atoms with Gasteiger partial charge in [0.1, 0.15) is 0 Å². The molecule has 98 valence electrons. The summed E-state index contributed by atoms with van der Waals surface area (Å²) >= 11 is 0. The Morgan fingerprint density at radius 2 is 2.22 bits per heavy atom. The summed E-state index contributed by atoms with van der Waals surface area (Å²) in [5, 5.41) is 14.6. The lowest BCUT2D eigenvalue weighted by atomic mass is 9.72. The average Bonchev–Trinajstić information content (AvgIpc) is 2.83. The number of hydrogen-bond donors (Lipinski definition) is 2. The number of hydrogen-bond acceptors (Lipinski definition) is 2. The fourth-order valence-corrected chi connectivity index (χ4v) is 3.79. The van der Waals surface area contributed by atoms with E-state index in [1.807, 2.05) is 0 Å². The van der Waals surface area contributed by atoms with Gasteiger partial charge in [0.25, 0.3) is 0 Å². The molecule has 3 rings (SSSR count). The van der Waals surface area contributed by atoms with Crippen molar-refractivity contribution in [1.82, 2.24) is 5.32 Å². The highest BCUT2D eigenvalue weighted by molar-refractivity contribution is 5.36. The van der Waals surface area contributed by atoms with E-state index >= 15 is 0 Å². The van der Waals surface area contributed by atoms with Gasteiger partial charge in [0.05, 0.1) is 11.6 Å². The molecular formula is C16H23NO.